The molecule has 3 N–H and O–H groups in total. The average Bonchev–Trinajstić information content (AvgIpc) is 2.82. The summed E-state index contributed by atoms with van der Waals surface area (Å²) < 4.78 is 1.89. The number of nitrogens with two attached hydrogens (primary N) is 1. The Bertz CT molecular complexity index is 522. The second-order valence-corrected chi connectivity index (χ2v) is 4.62. The summed E-state index contributed by atoms with van der Waals surface area (Å²) in [5.41, 5.74) is 7.54. The van der Waals surface area contributed by atoms with Crippen LogP contribution >= 0.6 is 12.2 Å². The molecule has 1 aromatic heterocycles. The number of anilines is 1. The van der Waals surface area contributed by atoms with Crippen LogP contribution < -0.4 is 11.1 Å². The molecule has 2 aromatic rings. The lowest BCUT2D eigenvalue weighted by Crippen LogP contribution is -2.24. The van der Waals surface area contributed by atoms with Gasteiger partial charge in [-0.25, -0.2) is 0 Å². The van der Waals surface area contributed by atoms with Gasteiger partial charge in [-0.05, 0) is 25.1 Å². The Morgan fingerprint density at radius 2 is 2.22 bits per heavy atom. The molecule has 0 bridgehead atoms. The van der Waals surface area contributed by atoms with Gasteiger partial charge in [0.1, 0.15) is 4.99 Å². The highest BCUT2D eigenvalue weighted by Crippen LogP contribution is 2.16. The summed E-state index contributed by atoms with van der Waals surface area (Å²) in [6.07, 6.45) is 3.72. The number of aromatic nitrogens is 2. The molecule has 0 aliphatic rings. The highest BCUT2D eigenvalue weighted by Gasteiger charge is 2.08. The van der Waals surface area contributed by atoms with Crippen molar-refractivity contribution in [3.05, 3.63) is 48.3 Å². The van der Waals surface area contributed by atoms with Crippen LogP contribution in [-0.4, -0.2) is 20.8 Å². The molecule has 0 saturated heterocycles. The SMILES string of the molecule is CC(Cn1cccn1)Nc1ccccc1C(N)=S. The molecule has 1 heterocycles. The first-order valence-electron chi connectivity index (χ1n) is 5.79. The van der Waals surface area contributed by atoms with Gasteiger partial charge in [0, 0.05) is 29.7 Å². The van der Waals surface area contributed by atoms with Crippen molar-refractivity contribution in [2.24, 2.45) is 5.73 Å². The van der Waals surface area contributed by atoms with Crippen LogP contribution in [-0.2, 0) is 6.54 Å². The molecule has 0 saturated carbocycles. The predicted octanol–water partition coefficient (Wildman–Crippen LogP) is 2.02. The van der Waals surface area contributed by atoms with Crippen LogP contribution in [0, 0.1) is 0 Å². The Balaban J connectivity index is 2.07. The van der Waals surface area contributed by atoms with Gasteiger partial charge in [0.15, 0.2) is 0 Å². The van der Waals surface area contributed by atoms with Gasteiger partial charge in [0.25, 0.3) is 0 Å². The Hall–Kier alpha value is -1.88. The summed E-state index contributed by atoms with van der Waals surface area (Å²) in [7, 11) is 0. The smallest absolute Gasteiger partial charge is 0.106 e. The van der Waals surface area contributed by atoms with E-state index in [1.165, 1.54) is 0 Å². The second-order valence-electron chi connectivity index (χ2n) is 4.18. The molecule has 0 aliphatic heterocycles. The number of hydrogen-bond donors (Lipinski definition) is 2. The molecule has 0 fully saturated rings. The third-order valence-electron chi connectivity index (χ3n) is 2.61. The number of rotatable bonds is 5. The van der Waals surface area contributed by atoms with Crippen LogP contribution in [0.5, 0.6) is 0 Å². The zero-order chi connectivity index (χ0) is 13.0. The van der Waals surface area contributed by atoms with E-state index in [2.05, 4.69) is 17.3 Å². The van der Waals surface area contributed by atoms with Crippen molar-refractivity contribution in [1.29, 1.82) is 0 Å². The Kier molecular flexibility index (Phi) is 3.94. The van der Waals surface area contributed by atoms with Gasteiger partial charge in [-0.1, -0.05) is 24.4 Å². The molecule has 18 heavy (non-hydrogen) atoms. The van der Waals surface area contributed by atoms with Gasteiger partial charge in [-0.2, -0.15) is 5.10 Å². The summed E-state index contributed by atoms with van der Waals surface area (Å²) in [6.45, 7) is 2.89. The maximum absolute atomic E-state index is 5.70. The van der Waals surface area contributed by atoms with E-state index in [1.807, 2.05) is 41.2 Å². The van der Waals surface area contributed by atoms with Crippen molar-refractivity contribution in [2.75, 3.05) is 5.32 Å². The van der Waals surface area contributed by atoms with Crippen LogP contribution in [0.15, 0.2) is 42.7 Å². The first kappa shape index (κ1) is 12.6. The van der Waals surface area contributed by atoms with Crippen LogP contribution in [0.1, 0.15) is 12.5 Å². The van der Waals surface area contributed by atoms with Crippen molar-refractivity contribution < 1.29 is 0 Å². The summed E-state index contributed by atoms with van der Waals surface area (Å²) in [5, 5.41) is 7.58. The zero-order valence-corrected chi connectivity index (χ0v) is 11.0. The molecule has 0 aliphatic carbocycles. The first-order chi connectivity index (χ1) is 8.66. The number of nitrogens with one attached hydrogen (secondary N) is 1. The van der Waals surface area contributed by atoms with Crippen molar-refractivity contribution in [2.45, 2.75) is 19.5 Å². The van der Waals surface area contributed by atoms with E-state index < -0.39 is 0 Å². The molecule has 94 valence electrons. The average molecular weight is 260 g/mol. The molecule has 0 amide bonds. The highest BCUT2D eigenvalue weighted by molar-refractivity contribution is 7.80. The Morgan fingerprint density at radius 1 is 1.44 bits per heavy atom. The quantitative estimate of drug-likeness (QED) is 0.808. The van der Waals surface area contributed by atoms with Gasteiger partial charge in [0.05, 0.1) is 6.54 Å². The molecule has 1 aromatic carbocycles. The Labute approximate surface area is 112 Å². The molecule has 1 atom stereocenters. The number of benzene rings is 1. The fourth-order valence-electron chi connectivity index (χ4n) is 1.82. The summed E-state index contributed by atoms with van der Waals surface area (Å²) in [6, 6.07) is 9.94. The van der Waals surface area contributed by atoms with Gasteiger partial charge in [-0.3, -0.25) is 4.68 Å². The predicted molar refractivity (Wildman–Crippen MR) is 77.6 cm³/mol. The number of hydrogen-bond acceptors (Lipinski definition) is 3. The van der Waals surface area contributed by atoms with E-state index in [4.69, 9.17) is 18.0 Å². The highest BCUT2D eigenvalue weighted by atomic mass is 32.1. The van der Waals surface area contributed by atoms with Crippen LogP contribution in [0.3, 0.4) is 0 Å². The summed E-state index contributed by atoms with van der Waals surface area (Å²) >= 11 is 5.04. The topological polar surface area (TPSA) is 55.9 Å². The molecule has 0 spiro atoms. The normalized spacial score (nSPS) is 12.1. The zero-order valence-electron chi connectivity index (χ0n) is 10.2. The van der Waals surface area contributed by atoms with Crippen LogP contribution in [0.4, 0.5) is 5.69 Å². The van der Waals surface area contributed by atoms with Gasteiger partial charge in [-0.15, -0.1) is 0 Å². The fourth-order valence-corrected chi connectivity index (χ4v) is 2.00. The molecule has 2 rings (SSSR count). The lowest BCUT2D eigenvalue weighted by atomic mass is 10.1. The minimum absolute atomic E-state index is 0.236. The van der Waals surface area contributed by atoms with Crippen LogP contribution in [0.2, 0.25) is 0 Å². The molecule has 4 nitrogen and oxygen atoms in total. The third-order valence-corrected chi connectivity index (χ3v) is 2.83. The minimum Gasteiger partial charge on any atom is -0.389 e. The molecule has 1 unspecified atom stereocenters. The third kappa shape index (κ3) is 3.07. The van der Waals surface area contributed by atoms with E-state index in [9.17, 15) is 0 Å². The standard InChI is InChI=1S/C13H16N4S/c1-10(9-17-8-4-7-15-17)16-12-6-3-2-5-11(12)13(14)18/h2-8,10,16H,9H2,1H3,(H2,14,18). The van der Waals surface area contributed by atoms with E-state index in [1.54, 1.807) is 6.20 Å². The van der Waals surface area contributed by atoms with Gasteiger partial charge >= 0.3 is 0 Å². The first-order valence-corrected chi connectivity index (χ1v) is 6.20. The molecular weight excluding hydrogens is 244 g/mol. The van der Waals surface area contributed by atoms with E-state index in [-0.39, 0.29) is 6.04 Å². The lowest BCUT2D eigenvalue weighted by Gasteiger charge is -2.17. The lowest BCUT2D eigenvalue weighted by molar-refractivity contribution is 0.561. The van der Waals surface area contributed by atoms with Gasteiger partial charge < -0.3 is 11.1 Å². The van der Waals surface area contributed by atoms with E-state index in [0.717, 1.165) is 17.8 Å². The van der Waals surface area contributed by atoms with Crippen molar-refractivity contribution in [3.63, 3.8) is 0 Å². The second kappa shape index (κ2) is 5.64. The van der Waals surface area contributed by atoms with Crippen molar-refractivity contribution in [1.82, 2.24) is 9.78 Å². The molecule has 0 radical (unpaired) electrons. The number of nitrogens with zero attached hydrogens (tertiary/aromatic N) is 2. The molecular formula is C13H16N4S. The maximum atomic E-state index is 5.70. The molecule has 5 heteroatoms. The Morgan fingerprint density at radius 3 is 2.89 bits per heavy atom. The summed E-state index contributed by atoms with van der Waals surface area (Å²) in [5.74, 6) is 0. The van der Waals surface area contributed by atoms with Crippen molar-refractivity contribution in [3.8, 4) is 0 Å². The van der Waals surface area contributed by atoms with Crippen LogP contribution in [0.25, 0.3) is 0 Å². The fraction of sp³-hybridized carbons (Fsp3) is 0.231. The summed E-state index contributed by atoms with van der Waals surface area (Å²) in [4.78, 5) is 0.407. The number of para-hydroxylation sites is 1. The number of thiocarbonyl (C=S) groups is 1. The minimum atomic E-state index is 0.236. The van der Waals surface area contributed by atoms with E-state index >= 15 is 0 Å². The van der Waals surface area contributed by atoms with Crippen molar-refractivity contribution >= 4 is 22.9 Å². The monoisotopic (exact) mass is 260 g/mol. The largest absolute Gasteiger partial charge is 0.389 e. The van der Waals surface area contributed by atoms with Gasteiger partial charge in [0.2, 0.25) is 0 Å². The maximum Gasteiger partial charge on any atom is 0.106 e. The van der Waals surface area contributed by atoms with E-state index in [0.29, 0.717) is 4.99 Å².